The highest BCUT2D eigenvalue weighted by Gasteiger charge is 2.14. The Kier molecular flexibility index (Phi) is 5.33. The van der Waals surface area contributed by atoms with Crippen LogP contribution in [-0.4, -0.2) is 23.2 Å². The van der Waals surface area contributed by atoms with Gasteiger partial charge in [0.05, 0.1) is 4.90 Å². The second kappa shape index (κ2) is 7.51. The molecule has 0 spiro atoms. The third-order valence-corrected chi connectivity index (χ3v) is 6.30. The maximum Gasteiger partial charge on any atom is 0.261 e. The average Bonchev–Trinajstić information content (AvgIpc) is 3.01. The monoisotopic (exact) mass is 388 g/mol. The molecule has 0 saturated carbocycles. The lowest BCUT2D eigenvalue weighted by Gasteiger charge is -2.10. The van der Waals surface area contributed by atoms with Crippen LogP contribution in [0.25, 0.3) is 0 Å². The first-order valence-electron chi connectivity index (χ1n) is 8.10. The lowest BCUT2D eigenvalue weighted by molar-refractivity contribution is 0.601. The Hall–Kier alpha value is -2.32. The molecule has 1 heterocycles. The van der Waals surface area contributed by atoms with Crippen molar-refractivity contribution in [2.45, 2.75) is 34.7 Å². The molecule has 0 amide bonds. The van der Waals surface area contributed by atoms with Crippen molar-refractivity contribution in [3.05, 3.63) is 60.4 Å². The lowest BCUT2D eigenvalue weighted by Crippen LogP contribution is -2.12. The van der Waals surface area contributed by atoms with E-state index in [1.165, 1.54) is 11.8 Å². The SMILES string of the molecule is CC(C)c1ccc(S(=O)(=O)Nc2ccc(Sc3nncn3C)cc2)cc1. The zero-order chi connectivity index (χ0) is 18.7. The molecule has 3 rings (SSSR count). The number of sulfonamides is 1. The van der Waals surface area contributed by atoms with Crippen LogP contribution >= 0.6 is 11.8 Å². The molecule has 8 heteroatoms. The Balaban J connectivity index is 1.72. The van der Waals surface area contributed by atoms with Gasteiger partial charge in [-0.3, -0.25) is 4.72 Å². The summed E-state index contributed by atoms with van der Waals surface area (Å²) in [5.41, 5.74) is 1.62. The number of aromatic nitrogens is 3. The third kappa shape index (κ3) is 4.25. The number of anilines is 1. The molecule has 26 heavy (non-hydrogen) atoms. The van der Waals surface area contributed by atoms with Gasteiger partial charge in [-0.1, -0.05) is 26.0 Å². The van der Waals surface area contributed by atoms with E-state index < -0.39 is 10.0 Å². The summed E-state index contributed by atoms with van der Waals surface area (Å²) in [7, 11) is -1.74. The average molecular weight is 389 g/mol. The molecule has 0 atom stereocenters. The van der Waals surface area contributed by atoms with Crippen LogP contribution in [0.5, 0.6) is 0 Å². The number of nitrogens with one attached hydrogen (secondary N) is 1. The lowest BCUT2D eigenvalue weighted by atomic mass is 10.0. The van der Waals surface area contributed by atoms with Gasteiger partial charge in [0.25, 0.3) is 10.0 Å². The first-order valence-corrected chi connectivity index (χ1v) is 10.4. The molecule has 0 saturated heterocycles. The van der Waals surface area contributed by atoms with E-state index in [4.69, 9.17) is 0 Å². The molecule has 0 fully saturated rings. The van der Waals surface area contributed by atoms with Crippen LogP contribution in [0.1, 0.15) is 25.3 Å². The van der Waals surface area contributed by atoms with Gasteiger partial charge >= 0.3 is 0 Å². The van der Waals surface area contributed by atoms with E-state index in [0.717, 1.165) is 15.6 Å². The van der Waals surface area contributed by atoms with Crippen molar-refractivity contribution in [1.29, 1.82) is 0 Å². The second-order valence-electron chi connectivity index (χ2n) is 6.18. The Morgan fingerprint density at radius 3 is 2.23 bits per heavy atom. The van der Waals surface area contributed by atoms with Gasteiger partial charge in [0, 0.05) is 17.6 Å². The van der Waals surface area contributed by atoms with E-state index >= 15 is 0 Å². The van der Waals surface area contributed by atoms with E-state index in [-0.39, 0.29) is 4.90 Å². The number of aryl methyl sites for hydroxylation is 1. The normalized spacial score (nSPS) is 11.7. The van der Waals surface area contributed by atoms with Gasteiger partial charge in [-0.15, -0.1) is 10.2 Å². The zero-order valence-electron chi connectivity index (χ0n) is 14.7. The molecule has 0 aliphatic rings. The van der Waals surface area contributed by atoms with Crippen molar-refractivity contribution < 1.29 is 8.42 Å². The van der Waals surface area contributed by atoms with Crippen molar-refractivity contribution in [3.8, 4) is 0 Å². The molecule has 0 unspecified atom stereocenters. The van der Waals surface area contributed by atoms with Crippen LogP contribution < -0.4 is 4.72 Å². The summed E-state index contributed by atoms with van der Waals surface area (Å²) in [5, 5.41) is 8.62. The summed E-state index contributed by atoms with van der Waals surface area (Å²) < 4.78 is 29.5. The van der Waals surface area contributed by atoms with Crippen molar-refractivity contribution in [1.82, 2.24) is 14.8 Å². The summed E-state index contributed by atoms with van der Waals surface area (Å²) in [6, 6.07) is 14.1. The van der Waals surface area contributed by atoms with Crippen LogP contribution in [-0.2, 0) is 17.1 Å². The van der Waals surface area contributed by atoms with Crippen molar-refractivity contribution in [2.75, 3.05) is 4.72 Å². The van der Waals surface area contributed by atoms with Crippen LogP contribution in [0, 0.1) is 0 Å². The van der Waals surface area contributed by atoms with Crippen LogP contribution in [0.3, 0.4) is 0 Å². The first-order chi connectivity index (χ1) is 12.3. The number of benzene rings is 2. The highest BCUT2D eigenvalue weighted by Crippen LogP contribution is 2.27. The summed E-state index contributed by atoms with van der Waals surface area (Å²) in [6.07, 6.45) is 1.63. The van der Waals surface area contributed by atoms with Gasteiger partial charge in [-0.25, -0.2) is 8.42 Å². The fourth-order valence-corrected chi connectivity index (χ4v) is 4.13. The third-order valence-electron chi connectivity index (χ3n) is 3.84. The van der Waals surface area contributed by atoms with Gasteiger partial charge in [-0.2, -0.15) is 0 Å². The number of nitrogens with zero attached hydrogens (tertiary/aromatic N) is 3. The maximum absolute atomic E-state index is 12.5. The van der Waals surface area contributed by atoms with Crippen molar-refractivity contribution in [3.63, 3.8) is 0 Å². The smallest absolute Gasteiger partial charge is 0.261 e. The maximum atomic E-state index is 12.5. The Labute approximate surface area is 157 Å². The highest BCUT2D eigenvalue weighted by molar-refractivity contribution is 7.99. The molecule has 0 aliphatic carbocycles. The van der Waals surface area contributed by atoms with E-state index in [2.05, 4.69) is 28.8 Å². The molecule has 136 valence electrons. The molecule has 1 aromatic heterocycles. The molecule has 2 aromatic carbocycles. The largest absolute Gasteiger partial charge is 0.311 e. The Bertz CT molecular complexity index is 979. The van der Waals surface area contributed by atoms with E-state index in [1.54, 1.807) is 30.6 Å². The quantitative estimate of drug-likeness (QED) is 0.693. The summed E-state index contributed by atoms with van der Waals surface area (Å²) >= 11 is 1.46. The summed E-state index contributed by atoms with van der Waals surface area (Å²) in [5.74, 6) is 0.360. The van der Waals surface area contributed by atoms with Gasteiger partial charge in [0.15, 0.2) is 5.16 Å². The minimum absolute atomic E-state index is 0.249. The molecule has 3 aromatic rings. The number of hydrogen-bond acceptors (Lipinski definition) is 5. The van der Waals surface area contributed by atoms with Crippen molar-refractivity contribution in [2.24, 2.45) is 7.05 Å². The molecule has 1 N–H and O–H groups in total. The molecular formula is C18H20N4O2S2. The van der Waals surface area contributed by atoms with Crippen LogP contribution in [0.2, 0.25) is 0 Å². The first kappa shape index (κ1) is 18.5. The van der Waals surface area contributed by atoms with E-state index in [1.807, 2.05) is 35.9 Å². The van der Waals surface area contributed by atoms with E-state index in [9.17, 15) is 8.42 Å². The molecule has 6 nitrogen and oxygen atoms in total. The Morgan fingerprint density at radius 2 is 1.69 bits per heavy atom. The van der Waals surface area contributed by atoms with E-state index in [0.29, 0.717) is 11.6 Å². The predicted octanol–water partition coefficient (Wildman–Crippen LogP) is 3.89. The topological polar surface area (TPSA) is 76.9 Å². The Morgan fingerprint density at radius 1 is 1.04 bits per heavy atom. The zero-order valence-corrected chi connectivity index (χ0v) is 16.4. The predicted molar refractivity (Wildman–Crippen MR) is 103 cm³/mol. The van der Waals surface area contributed by atoms with Crippen LogP contribution in [0.15, 0.2) is 69.8 Å². The molecule has 0 aliphatic heterocycles. The summed E-state index contributed by atoms with van der Waals surface area (Å²) in [4.78, 5) is 1.20. The minimum atomic E-state index is -3.61. The second-order valence-corrected chi connectivity index (χ2v) is 8.90. The molecular weight excluding hydrogens is 368 g/mol. The van der Waals surface area contributed by atoms with Gasteiger partial charge in [-0.05, 0) is 59.6 Å². The molecule has 0 bridgehead atoms. The summed E-state index contributed by atoms with van der Waals surface area (Å²) in [6.45, 7) is 4.14. The molecule has 0 radical (unpaired) electrons. The fourth-order valence-electron chi connectivity index (χ4n) is 2.31. The number of rotatable bonds is 6. The van der Waals surface area contributed by atoms with Crippen LogP contribution in [0.4, 0.5) is 5.69 Å². The standard InChI is InChI=1S/C18H20N4O2S2/c1-13(2)14-4-10-17(11-5-14)26(23,24)21-15-6-8-16(9-7-15)25-18-20-19-12-22(18)3/h4-13,21H,1-3H3. The highest BCUT2D eigenvalue weighted by atomic mass is 32.2. The number of hydrogen-bond donors (Lipinski definition) is 1. The van der Waals surface area contributed by atoms with Gasteiger partial charge < -0.3 is 4.57 Å². The fraction of sp³-hybridized carbons (Fsp3) is 0.222. The van der Waals surface area contributed by atoms with Crippen molar-refractivity contribution >= 4 is 27.5 Å². The van der Waals surface area contributed by atoms with Gasteiger partial charge in [0.1, 0.15) is 6.33 Å². The minimum Gasteiger partial charge on any atom is -0.311 e. The van der Waals surface area contributed by atoms with Gasteiger partial charge in [0.2, 0.25) is 0 Å².